The van der Waals surface area contributed by atoms with Gasteiger partial charge in [0.05, 0.1) is 23.9 Å². The molecule has 0 saturated carbocycles. The summed E-state index contributed by atoms with van der Waals surface area (Å²) in [6.07, 6.45) is 3.74. The molecule has 7 nitrogen and oxygen atoms in total. The molecule has 0 fully saturated rings. The molecule has 120 valence electrons. The van der Waals surface area contributed by atoms with Gasteiger partial charge in [-0.25, -0.2) is 4.98 Å². The van der Waals surface area contributed by atoms with Gasteiger partial charge in [-0.1, -0.05) is 6.07 Å². The lowest BCUT2D eigenvalue weighted by Gasteiger charge is -2.16. The standard InChI is InChI=1S/C16H20N6O/c1-11(12-5-3-4-7-18-12)19-15-14-13(20-16(17)21-15)6-8-22(14)9-10-23-2/h3-8,11H,9-10H2,1-2H3,(H3,17,19,20,21). The second kappa shape index (κ2) is 6.62. The van der Waals surface area contributed by atoms with Gasteiger partial charge in [-0.15, -0.1) is 0 Å². The molecule has 23 heavy (non-hydrogen) atoms. The van der Waals surface area contributed by atoms with Crippen LogP contribution >= 0.6 is 0 Å². The van der Waals surface area contributed by atoms with Crippen LogP contribution in [0.15, 0.2) is 36.7 Å². The summed E-state index contributed by atoms with van der Waals surface area (Å²) in [5, 5.41) is 3.39. The number of fused-ring (bicyclic) bond motifs is 1. The van der Waals surface area contributed by atoms with Gasteiger partial charge in [-0.3, -0.25) is 4.98 Å². The third-order valence-corrected chi connectivity index (χ3v) is 3.65. The first-order chi connectivity index (χ1) is 11.2. The van der Waals surface area contributed by atoms with Crippen molar-refractivity contribution in [1.82, 2.24) is 19.5 Å². The Hall–Kier alpha value is -2.67. The Bertz CT molecular complexity index is 786. The Balaban J connectivity index is 1.96. The Morgan fingerprint density at radius 2 is 2.17 bits per heavy atom. The number of aromatic nitrogens is 4. The van der Waals surface area contributed by atoms with Gasteiger partial charge in [-0.05, 0) is 25.1 Å². The van der Waals surface area contributed by atoms with Crippen LogP contribution in [0.25, 0.3) is 11.0 Å². The van der Waals surface area contributed by atoms with E-state index in [9.17, 15) is 0 Å². The summed E-state index contributed by atoms with van der Waals surface area (Å²) in [6.45, 7) is 3.37. The van der Waals surface area contributed by atoms with Crippen LogP contribution in [0.2, 0.25) is 0 Å². The van der Waals surface area contributed by atoms with E-state index in [1.54, 1.807) is 13.3 Å². The normalized spacial score (nSPS) is 12.4. The van der Waals surface area contributed by atoms with Gasteiger partial charge in [0.25, 0.3) is 0 Å². The SMILES string of the molecule is COCCn1ccc2nc(N)nc(NC(C)c3ccccn3)c21. The first-order valence-electron chi connectivity index (χ1n) is 7.48. The van der Waals surface area contributed by atoms with Gasteiger partial charge < -0.3 is 20.4 Å². The van der Waals surface area contributed by atoms with Gasteiger partial charge >= 0.3 is 0 Å². The fourth-order valence-corrected chi connectivity index (χ4v) is 2.51. The quantitative estimate of drug-likeness (QED) is 0.725. The molecule has 0 aliphatic heterocycles. The maximum absolute atomic E-state index is 5.84. The molecule has 1 unspecified atom stereocenters. The molecular weight excluding hydrogens is 292 g/mol. The molecule has 0 bridgehead atoms. The van der Waals surface area contributed by atoms with E-state index in [0.29, 0.717) is 12.4 Å². The molecule has 3 aromatic rings. The Kier molecular flexibility index (Phi) is 4.38. The summed E-state index contributed by atoms with van der Waals surface area (Å²) in [4.78, 5) is 13.0. The number of hydrogen-bond donors (Lipinski definition) is 2. The number of nitrogens with zero attached hydrogens (tertiary/aromatic N) is 4. The number of hydrogen-bond acceptors (Lipinski definition) is 6. The van der Waals surface area contributed by atoms with Crippen LogP contribution in [-0.2, 0) is 11.3 Å². The molecule has 7 heteroatoms. The Morgan fingerprint density at radius 3 is 2.91 bits per heavy atom. The lowest BCUT2D eigenvalue weighted by molar-refractivity contribution is 0.188. The zero-order valence-corrected chi connectivity index (χ0v) is 13.2. The molecule has 3 aromatic heterocycles. The average molecular weight is 312 g/mol. The third kappa shape index (κ3) is 3.24. The smallest absolute Gasteiger partial charge is 0.222 e. The van der Waals surface area contributed by atoms with E-state index >= 15 is 0 Å². The number of pyridine rings is 1. The highest BCUT2D eigenvalue weighted by Gasteiger charge is 2.14. The van der Waals surface area contributed by atoms with Gasteiger partial charge in [0.1, 0.15) is 5.52 Å². The zero-order chi connectivity index (χ0) is 16.2. The lowest BCUT2D eigenvalue weighted by Crippen LogP contribution is -2.13. The van der Waals surface area contributed by atoms with Crippen molar-refractivity contribution in [3.05, 3.63) is 42.4 Å². The van der Waals surface area contributed by atoms with Gasteiger partial charge in [0.15, 0.2) is 5.82 Å². The van der Waals surface area contributed by atoms with Crippen LogP contribution in [0.5, 0.6) is 0 Å². The van der Waals surface area contributed by atoms with Gasteiger partial charge in [-0.2, -0.15) is 4.98 Å². The molecule has 0 saturated heterocycles. The molecule has 3 rings (SSSR count). The van der Waals surface area contributed by atoms with Crippen molar-refractivity contribution in [2.24, 2.45) is 0 Å². The van der Waals surface area contributed by atoms with Crippen LogP contribution in [0.3, 0.4) is 0 Å². The third-order valence-electron chi connectivity index (χ3n) is 3.65. The second-order valence-electron chi connectivity index (χ2n) is 5.29. The van der Waals surface area contributed by atoms with E-state index in [-0.39, 0.29) is 12.0 Å². The molecule has 0 amide bonds. The Labute approximate surface area is 134 Å². The summed E-state index contributed by atoms with van der Waals surface area (Å²) in [6, 6.07) is 7.77. The van der Waals surface area contributed by atoms with Crippen molar-refractivity contribution < 1.29 is 4.74 Å². The van der Waals surface area contributed by atoms with E-state index in [0.717, 1.165) is 23.3 Å². The maximum atomic E-state index is 5.84. The minimum absolute atomic E-state index is 0.000486. The summed E-state index contributed by atoms with van der Waals surface area (Å²) < 4.78 is 7.22. The summed E-state index contributed by atoms with van der Waals surface area (Å²) in [7, 11) is 1.68. The van der Waals surface area contributed by atoms with Crippen molar-refractivity contribution in [2.45, 2.75) is 19.5 Å². The van der Waals surface area contributed by atoms with Crippen LogP contribution < -0.4 is 11.1 Å². The molecule has 0 radical (unpaired) electrons. The number of anilines is 2. The van der Waals surface area contributed by atoms with Crippen molar-refractivity contribution in [1.29, 1.82) is 0 Å². The number of rotatable bonds is 6. The second-order valence-corrected chi connectivity index (χ2v) is 5.29. The molecule has 1 atom stereocenters. The lowest BCUT2D eigenvalue weighted by atomic mass is 10.2. The minimum Gasteiger partial charge on any atom is -0.383 e. The van der Waals surface area contributed by atoms with E-state index < -0.39 is 0 Å². The molecule has 0 aliphatic rings. The topological polar surface area (TPSA) is 90.9 Å². The number of nitrogens with one attached hydrogen (secondary N) is 1. The molecule has 0 spiro atoms. The van der Waals surface area contributed by atoms with Crippen molar-refractivity contribution in [3.63, 3.8) is 0 Å². The summed E-state index contributed by atoms with van der Waals surface area (Å²) >= 11 is 0. The van der Waals surface area contributed by atoms with E-state index in [1.165, 1.54) is 0 Å². The largest absolute Gasteiger partial charge is 0.383 e. The first-order valence-corrected chi connectivity index (χ1v) is 7.48. The monoisotopic (exact) mass is 312 g/mol. The minimum atomic E-state index is -0.000486. The van der Waals surface area contributed by atoms with Crippen molar-refractivity contribution in [2.75, 3.05) is 24.8 Å². The van der Waals surface area contributed by atoms with E-state index in [1.807, 2.05) is 37.4 Å². The number of nitrogen functional groups attached to an aromatic ring is 1. The van der Waals surface area contributed by atoms with Gasteiger partial charge in [0, 0.05) is 26.0 Å². The van der Waals surface area contributed by atoms with Gasteiger partial charge in [0.2, 0.25) is 5.95 Å². The first kappa shape index (κ1) is 15.2. The van der Waals surface area contributed by atoms with Crippen LogP contribution in [0.4, 0.5) is 11.8 Å². The summed E-state index contributed by atoms with van der Waals surface area (Å²) in [5.41, 5.74) is 8.50. The highest BCUT2D eigenvalue weighted by atomic mass is 16.5. The van der Waals surface area contributed by atoms with Crippen molar-refractivity contribution >= 4 is 22.8 Å². The average Bonchev–Trinajstić information content (AvgIpc) is 2.96. The molecule has 0 aromatic carbocycles. The molecule has 3 heterocycles. The van der Waals surface area contributed by atoms with Crippen LogP contribution in [0.1, 0.15) is 18.7 Å². The highest BCUT2D eigenvalue weighted by molar-refractivity contribution is 5.87. The van der Waals surface area contributed by atoms with Crippen LogP contribution in [-0.4, -0.2) is 33.2 Å². The van der Waals surface area contributed by atoms with E-state index in [4.69, 9.17) is 10.5 Å². The predicted molar refractivity (Wildman–Crippen MR) is 90.1 cm³/mol. The highest BCUT2D eigenvalue weighted by Crippen LogP contribution is 2.25. The number of nitrogens with two attached hydrogens (primary N) is 1. The van der Waals surface area contributed by atoms with Crippen molar-refractivity contribution in [3.8, 4) is 0 Å². The van der Waals surface area contributed by atoms with E-state index in [2.05, 4.69) is 24.8 Å². The molecule has 3 N–H and O–H groups in total. The number of methoxy groups -OCH3 is 1. The molecule has 0 aliphatic carbocycles. The summed E-state index contributed by atoms with van der Waals surface area (Å²) in [5.74, 6) is 0.949. The predicted octanol–water partition coefficient (Wildman–Crippen LogP) is 2.23. The number of ether oxygens (including phenoxy) is 1. The maximum Gasteiger partial charge on any atom is 0.222 e. The van der Waals surface area contributed by atoms with Crippen LogP contribution in [0, 0.1) is 0 Å². The fraction of sp³-hybridized carbons (Fsp3) is 0.312. The zero-order valence-electron chi connectivity index (χ0n) is 13.2. The Morgan fingerprint density at radius 1 is 1.30 bits per heavy atom. The fourth-order valence-electron chi connectivity index (χ4n) is 2.51. The molecular formula is C16H20N6O.